The second-order valence-electron chi connectivity index (χ2n) is 8.54. The Hall–Kier alpha value is -3.74. The summed E-state index contributed by atoms with van der Waals surface area (Å²) >= 11 is 0. The summed E-state index contributed by atoms with van der Waals surface area (Å²) in [6.45, 7) is 9.97. The molecule has 4 atom stereocenters. The van der Waals surface area contributed by atoms with E-state index in [0.717, 1.165) is 11.1 Å². The van der Waals surface area contributed by atoms with Crippen molar-refractivity contribution in [1.82, 2.24) is 0 Å². The van der Waals surface area contributed by atoms with Crippen LogP contribution in [0.15, 0.2) is 72.1 Å². The van der Waals surface area contributed by atoms with Gasteiger partial charge in [-0.1, -0.05) is 24.8 Å². The van der Waals surface area contributed by atoms with Crippen LogP contribution in [0, 0.1) is 5.92 Å². The van der Waals surface area contributed by atoms with Crippen LogP contribution in [0.25, 0.3) is 6.08 Å². The van der Waals surface area contributed by atoms with Gasteiger partial charge in [-0.15, -0.1) is 0 Å². The van der Waals surface area contributed by atoms with Gasteiger partial charge in [0.05, 0.1) is 20.1 Å². The predicted octanol–water partition coefficient (Wildman–Crippen LogP) is 4.31. The van der Waals surface area contributed by atoms with Crippen molar-refractivity contribution in [3.8, 4) is 11.5 Å². The molecule has 0 saturated carbocycles. The number of hydrogen-bond donors (Lipinski definition) is 0. The minimum atomic E-state index is -0.632. The molecule has 1 aromatic carbocycles. The molecule has 34 heavy (non-hydrogen) atoms. The minimum absolute atomic E-state index is 0.329. The zero-order valence-electron chi connectivity index (χ0n) is 19.5. The van der Waals surface area contributed by atoms with Crippen molar-refractivity contribution in [2.75, 3.05) is 14.2 Å². The van der Waals surface area contributed by atoms with E-state index in [1.54, 1.807) is 32.4 Å². The van der Waals surface area contributed by atoms with Crippen LogP contribution in [0.1, 0.15) is 25.3 Å². The molecular weight excluding hydrogens is 436 g/mol. The van der Waals surface area contributed by atoms with Crippen LogP contribution >= 0.6 is 0 Å². The fourth-order valence-corrected chi connectivity index (χ4v) is 4.50. The molecule has 0 amide bonds. The van der Waals surface area contributed by atoms with Gasteiger partial charge in [0.2, 0.25) is 0 Å². The molecule has 1 aliphatic carbocycles. The molecule has 2 bridgehead atoms. The van der Waals surface area contributed by atoms with Gasteiger partial charge in [0.1, 0.15) is 24.1 Å². The lowest BCUT2D eigenvalue weighted by molar-refractivity contribution is -0.143. The van der Waals surface area contributed by atoms with Crippen LogP contribution < -0.4 is 9.47 Å². The monoisotopic (exact) mass is 464 g/mol. The number of carbonyl (C=O) groups excluding carboxylic acids is 2. The van der Waals surface area contributed by atoms with Crippen molar-refractivity contribution in [1.29, 1.82) is 0 Å². The molecule has 1 saturated heterocycles. The highest BCUT2D eigenvalue weighted by Crippen LogP contribution is 2.41. The number of allylic oxidation sites excluding steroid dienone is 1. The van der Waals surface area contributed by atoms with Crippen LogP contribution in [0.3, 0.4) is 0 Å². The summed E-state index contributed by atoms with van der Waals surface area (Å²) in [6, 6.07) is 5.34. The summed E-state index contributed by atoms with van der Waals surface area (Å²) in [7, 11) is 3.11. The highest BCUT2D eigenvalue weighted by atomic mass is 16.6. The second-order valence-corrected chi connectivity index (χ2v) is 8.54. The predicted molar refractivity (Wildman–Crippen MR) is 126 cm³/mol. The summed E-state index contributed by atoms with van der Waals surface area (Å²) in [5.41, 5.74) is 2.91. The Balaban J connectivity index is 1.57. The van der Waals surface area contributed by atoms with Crippen molar-refractivity contribution in [3.63, 3.8) is 0 Å². The highest BCUT2D eigenvalue weighted by molar-refractivity contribution is 5.91. The van der Waals surface area contributed by atoms with Crippen molar-refractivity contribution in [2.45, 2.75) is 38.1 Å². The quantitative estimate of drug-likeness (QED) is 0.365. The number of methoxy groups -OCH3 is 2. The number of carbonyl (C=O) groups is 2. The summed E-state index contributed by atoms with van der Waals surface area (Å²) in [4.78, 5) is 25.1. The highest BCUT2D eigenvalue weighted by Gasteiger charge is 2.44. The van der Waals surface area contributed by atoms with Gasteiger partial charge in [-0.05, 0) is 48.4 Å². The van der Waals surface area contributed by atoms with Crippen LogP contribution in [0.5, 0.6) is 11.5 Å². The number of hydrogen-bond acceptors (Lipinski definition) is 7. The third kappa shape index (κ3) is 4.78. The second kappa shape index (κ2) is 9.63. The first-order valence-corrected chi connectivity index (χ1v) is 11.0. The number of rotatable bonds is 5. The molecule has 0 radical (unpaired) electrons. The Morgan fingerprint density at radius 3 is 2.59 bits per heavy atom. The van der Waals surface area contributed by atoms with Gasteiger partial charge in [-0.2, -0.15) is 0 Å². The van der Waals surface area contributed by atoms with Crippen LogP contribution in [0.2, 0.25) is 0 Å². The molecule has 1 unspecified atom stereocenters. The normalized spacial score (nSPS) is 27.8. The topological polar surface area (TPSA) is 80.3 Å². The van der Waals surface area contributed by atoms with E-state index in [1.807, 2.05) is 25.1 Å². The summed E-state index contributed by atoms with van der Waals surface area (Å²) in [6.07, 6.45) is 6.21. The number of benzene rings is 1. The molecule has 7 heteroatoms. The molecular formula is C27H28O7. The maximum Gasteiger partial charge on any atom is 0.334 e. The average Bonchev–Trinajstić information content (AvgIpc) is 3.28. The van der Waals surface area contributed by atoms with Crippen LogP contribution in [0.4, 0.5) is 0 Å². The average molecular weight is 465 g/mol. The first kappa shape index (κ1) is 23.4. The van der Waals surface area contributed by atoms with Gasteiger partial charge in [0.15, 0.2) is 11.5 Å². The van der Waals surface area contributed by atoms with E-state index in [-0.39, 0.29) is 18.0 Å². The van der Waals surface area contributed by atoms with E-state index in [9.17, 15) is 9.59 Å². The first-order chi connectivity index (χ1) is 16.3. The minimum Gasteiger partial charge on any atom is -0.493 e. The molecule has 2 aliphatic heterocycles. The van der Waals surface area contributed by atoms with Gasteiger partial charge >= 0.3 is 11.9 Å². The molecule has 1 fully saturated rings. The maximum absolute atomic E-state index is 12.8. The molecule has 0 N–H and O–H groups in total. The van der Waals surface area contributed by atoms with Gasteiger partial charge in [0.25, 0.3) is 0 Å². The van der Waals surface area contributed by atoms with Gasteiger partial charge in [-0.3, -0.25) is 0 Å². The van der Waals surface area contributed by atoms with E-state index < -0.39 is 18.2 Å². The zero-order chi connectivity index (χ0) is 24.4. The fraction of sp³-hybridized carbons (Fsp3) is 0.333. The van der Waals surface area contributed by atoms with E-state index in [1.165, 1.54) is 6.08 Å². The Bertz CT molecular complexity index is 1120. The number of esters is 2. The summed E-state index contributed by atoms with van der Waals surface area (Å²) in [5.74, 6) is 0.376. The maximum atomic E-state index is 12.8. The summed E-state index contributed by atoms with van der Waals surface area (Å²) in [5, 5.41) is 0. The third-order valence-corrected chi connectivity index (χ3v) is 6.18. The van der Waals surface area contributed by atoms with Gasteiger partial charge in [0, 0.05) is 24.5 Å². The molecule has 0 aromatic heterocycles. The van der Waals surface area contributed by atoms with Crippen molar-refractivity contribution in [2.24, 2.45) is 5.92 Å². The van der Waals surface area contributed by atoms with Gasteiger partial charge in [-0.25, -0.2) is 9.59 Å². The molecule has 3 aliphatic rings. The summed E-state index contributed by atoms with van der Waals surface area (Å²) < 4.78 is 27.8. The van der Waals surface area contributed by atoms with E-state index in [4.69, 9.17) is 23.7 Å². The van der Waals surface area contributed by atoms with Gasteiger partial charge < -0.3 is 23.7 Å². The molecule has 0 spiro atoms. The number of ether oxygens (including phenoxy) is 5. The van der Waals surface area contributed by atoms with E-state index in [2.05, 4.69) is 13.2 Å². The van der Waals surface area contributed by atoms with Crippen molar-refractivity contribution in [3.05, 3.63) is 77.6 Å². The molecule has 1 aromatic rings. The lowest BCUT2D eigenvalue weighted by atomic mass is 9.85. The molecule has 2 heterocycles. The molecule has 178 valence electrons. The smallest absolute Gasteiger partial charge is 0.334 e. The first-order valence-electron chi connectivity index (χ1n) is 11.0. The standard InChI is InChI=1S/C27H28O7/c1-15-10-20-13-19(27(29)33-20)14-24-26(16(2)17(3)32-24)23(11-15)34-25(28)9-7-18-6-8-21(30-4)22(12-18)31-5/h6-9,11-13,20,23-24,26H,2-3,10,14H2,1,4-5H3/b9-7+,15-11+/t20-,23-,24?,26+/m1/s1. The van der Waals surface area contributed by atoms with Crippen LogP contribution in [-0.2, 0) is 23.8 Å². The Morgan fingerprint density at radius 1 is 1.09 bits per heavy atom. The Labute approximate surface area is 199 Å². The molecule has 4 rings (SSSR count). The number of fused-ring (bicyclic) bond motifs is 2. The zero-order valence-corrected chi connectivity index (χ0v) is 19.5. The van der Waals surface area contributed by atoms with E-state index >= 15 is 0 Å². The fourth-order valence-electron chi connectivity index (χ4n) is 4.50. The molecule has 7 nitrogen and oxygen atoms in total. The SMILES string of the molecule is C=C1OC2CC3=C[C@@H](C/C(C)=C/[C@@H](OC(=O)/C=C/c4ccc(OC)c(OC)c4)[C@@H]2C1=C)OC3=O. The van der Waals surface area contributed by atoms with E-state index in [0.29, 0.717) is 41.2 Å². The Kier molecular flexibility index (Phi) is 6.63. The van der Waals surface area contributed by atoms with Crippen molar-refractivity contribution >= 4 is 18.0 Å². The third-order valence-electron chi connectivity index (χ3n) is 6.18. The lowest BCUT2D eigenvalue weighted by Gasteiger charge is -2.26. The Morgan fingerprint density at radius 2 is 1.85 bits per heavy atom. The van der Waals surface area contributed by atoms with Crippen LogP contribution in [-0.4, -0.2) is 44.5 Å². The lowest BCUT2D eigenvalue weighted by Crippen LogP contribution is -2.32. The van der Waals surface area contributed by atoms with Crippen molar-refractivity contribution < 1.29 is 33.3 Å². The largest absolute Gasteiger partial charge is 0.493 e.